The van der Waals surface area contributed by atoms with Gasteiger partial charge in [-0.05, 0) is 35.7 Å². The predicted molar refractivity (Wildman–Crippen MR) is 74.8 cm³/mol. The van der Waals surface area contributed by atoms with Crippen molar-refractivity contribution >= 4 is 29.2 Å². The lowest BCUT2D eigenvalue weighted by atomic mass is 9.93. The molecule has 1 aromatic carbocycles. The van der Waals surface area contributed by atoms with Gasteiger partial charge < -0.3 is 5.11 Å². The van der Waals surface area contributed by atoms with Crippen molar-refractivity contribution in [1.29, 1.82) is 0 Å². The van der Waals surface area contributed by atoms with Gasteiger partial charge >= 0.3 is 5.97 Å². The van der Waals surface area contributed by atoms with E-state index in [0.29, 0.717) is 22.0 Å². The van der Waals surface area contributed by atoms with E-state index in [1.54, 1.807) is 36.7 Å². The Bertz CT molecular complexity index is 587. The van der Waals surface area contributed by atoms with Crippen LogP contribution in [0.3, 0.4) is 0 Å². The third-order valence-corrected chi connectivity index (χ3v) is 3.55. The quantitative estimate of drug-likeness (QED) is 0.933. The number of carboxylic acids is 1. The highest BCUT2D eigenvalue weighted by atomic mass is 35.5. The molecule has 5 heteroatoms. The molecule has 3 nitrogen and oxygen atoms in total. The fourth-order valence-corrected chi connectivity index (χ4v) is 2.14. The first-order valence-corrected chi connectivity index (χ1v) is 6.40. The van der Waals surface area contributed by atoms with Gasteiger partial charge in [-0.1, -0.05) is 35.3 Å². The maximum Gasteiger partial charge on any atom is 0.311 e. The van der Waals surface area contributed by atoms with Crippen LogP contribution in [0.25, 0.3) is 0 Å². The number of carbonyl (C=O) groups is 1. The van der Waals surface area contributed by atoms with E-state index in [-0.39, 0.29) is 0 Å². The number of rotatable bonds is 4. The number of carboxylic acid groups (broad SMARTS) is 1. The Hall–Kier alpha value is -1.58. The molecule has 0 radical (unpaired) electrons. The normalized spacial score (nSPS) is 12.1. The van der Waals surface area contributed by atoms with Crippen LogP contribution >= 0.6 is 23.2 Å². The van der Waals surface area contributed by atoms with Gasteiger partial charge in [0.2, 0.25) is 0 Å². The fourth-order valence-electron chi connectivity index (χ4n) is 1.83. The zero-order chi connectivity index (χ0) is 13.8. The lowest BCUT2D eigenvalue weighted by molar-refractivity contribution is -0.138. The maximum absolute atomic E-state index is 11.4. The molecule has 0 saturated carbocycles. The highest BCUT2D eigenvalue weighted by molar-refractivity contribution is 6.42. The molecular weight excluding hydrogens is 285 g/mol. The standard InChI is InChI=1S/C14H11Cl2NO2/c15-12-4-3-10(7-13(12)16)11(14(18)19)6-9-2-1-5-17-8-9/h1-5,7-8,11H,6H2,(H,18,19). The van der Waals surface area contributed by atoms with E-state index in [1.807, 2.05) is 6.07 Å². The van der Waals surface area contributed by atoms with E-state index in [0.717, 1.165) is 5.56 Å². The van der Waals surface area contributed by atoms with Gasteiger partial charge in [-0.2, -0.15) is 0 Å². The van der Waals surface area contributed by atoms with Gasteiger partial charge in [-0.15, -0.1) is 0 Å². The minimum absolute atomic E-state index is 0.358. The number of nitrogens with zero attached hydrogens (tertiary/aromatic N) is 1. The van der Waals surface area contributed by atoms with E-state index in [1.165, 1.54) is 0 Å². The molecule has 1 unspecified atom stereocenters. The average Bonchev–Trinajstić information content (AvgIpc) is 2.40. The summed E-state index contributed by atoms with van der Waals surface area (Å²) >= 11 is 11.8. The highest BCUT2D eigenvalue weighted by Gasteiger charge is 2.21. The zero-order valence-electron chi connectivity index (χ0n) is 9.88. The van der Waals surface area contributed by atoms with Crippen LogP contribution in [0.5, 0.6) is 0 Å². The second-order valence-electron chi connectivity index (χ2n) is 4.13. The molecule has 0 aliphatic rings. The molecule has 2 aromatic rings. The lowest BCUT2D eigenvalue weighted by Gasteiger charge is -2.13. The van der Waals surface area contributed by atoms with Gasteiger partial charge in [-0.3, -0.25) is 9.78 Å². The Labute approximate surface area is 120 Å². The molecule has 1 N–H and O–H groups in total. The summed E-state index contributed by atoms with van der Waals surface area (Å²) in [4.78, 5) is 15.4. The number of pyridine rings is 1. The molecule has 0 saturated heterocycles. The minimum atomic E-state index is -0.901. The first-order chi connectivity index (χ1) is 9.08. The zero-order valence-corrected chi connectivity index (χ0v) is 11.4. The minimum Gasteiger partial charge on any atom is -0.481 e. The van der Waals surface area contributed by atoms with E-state index in [9.17, 15) is 9.90 Å². The smallest absolute Gasteiger partial charge is 0.311 e. The molecule has 1 aromatic heterocycles. The summed E-state index contributed by atoms with van der Waals surface area (Å²) in [7, 11) is 0. The number of halogens is 2. The van der Waals surface area contributed by atoms with Crippen LogP contribution in [0.15, 0.2) is 42.7 Å². The van der Waals surface area contributed by atoms with E-state index >= 15 is 0 Å². The molecule has 1 atom stereocenters. The largest absolute Gasteiger partial charge is 0.481 e. The van der Waals surface area contributed by atoms with Crippen molar-refractivity contribution in [3.63, 3.8) is 0 Å². The average molecular weight is 296 g/mol. The van der Waals surface area contributed by atoms with Crippen molar-refractivity contribution in [2.45, 2.75) is 12.3 Å². The Balaban J connectivity index is 2.30. The van der Waals surface area contributed by atoms with Crippen LogP contribution in [0.1, 0.15) is 17.0 Å². The molecule has 1 heterocycles. The molecule has 0 aliphatic heterocycles. The van der Waals surface area contributed by atoms with Gasteiger partial charge in [0.15, 0.2) is 0 Å². The summed E-state index contributed by atoms with van der Waals surface area (Å²) < 4.78 is 0. The molecule has 98 valence electrons. The summed E-state index contributed by atoms with van der Waals surface area (Å²) in [6.07, 6.45) is 3.67. The summed E-state index contributed by atoms with van der Waals surface area (Å²) in [6.45, 7) is 0. The van der Waals surface area contributed by atoms with Crippen molar-refractivity contribution in [3.05, 3.63) is 63.9 Å². The van der Waals surface area contributed by atoms with Crippen LogP contribution in [-0.4, -0.2) is 16.1 Å². The summed E-state index contributed by atoms with van der Waals surface area (Å²) in [5.74, 6) is -1.57. The van der Waals surface area contributed by atoms with Crippen molar-refractivity contribution in [2.24, 2.45) is 0 Å². The number of aromatic nitrogens is 1. The number of benzene rings is 1. The third-order valence-electron chi connectivity index (χ3n) is 2.81. The second kappa shape index (κ2) is 6.04. The fraction of sp³-hybridized carbons (Fsp3) is 0.143. The molecule has 0 bridgehead atoms. The van der Waals surface area contributed by atoms with E-state index < -0.39 is 11.9 Å². The Morgan fingerprint density at radius 2 is 2.05 bits per heavy atom. The van der Waals surface area contributed by atoms with Crippen LogP contribution in [0.2, 0.25) is 10.0 Å². The summed E-state index contributed by atoms with van der Waals surface area (Å²) in [5, 5.41) is 10.1. The molecule has 2 rings (SSSR count). The van der Waals surface area contributed by atoms with Gasteiger partial charge in [0.1, 0.15) is 0 Å². The van der Waals surface area contributed by atoms with Crippen molar-refractivity contribution in [1.82, 2.24) is 4.98 Å². The number of hydrogen-bond donors (Lipinski definition) is 1. The van der Waals surface area contributed by atoms with Gasteiger partial charge in [0.05, 0.1) is 16.0 Å². The maximum atomic E-state index is 11.4. The molecule has 0 fully saturated rings. The first-order valence-electron chi connectivity index (χ1n) is 5.64. The van der Waals surface area contributed by atoms with Gasteiger partial charge in [0.25, 0.3) is 0 Å². The molecule has 0 aliphatic carbocycles. The second-order valence-corrected chi connectivity index (χ2v) is 4.94. The van der Waals surface area contributed by atoms with Crippen molar-refractivity contribution < 1.29 is 9.90 Å². The lowest BCUT2D eigenvalue weighted by Crippen LogP contribution is -2.14. The third kappa shape index (κ3) is 3.46. The van der Waals surface area contributed by atoms with Gasteiger partial charge in [-0.25, -0.2) is 0 Å². The van der Waals surface area contributed by atoms with Crippen LogP contribution in [0.4, 0.5) is 0 Å². The van der Waals surface area contributed by atoms with E-state index in [2.05, 4.69) is 4.98 Å². The summed E-state index contributed by atoms with van der Waals surface area (Å²) in [5.41, 5.74) is 1.49. The summed E-state index contributed by atoms with van der Waals surface area (Å²) in [6, 6.07) is 8.52. The predicted octanol–water partition coefficient (Wildman–Crippen LogP) is 3.80. The van der Waals surface area contributed by atoms with Crippen LogP contribution in [-0.2, 0) is 11.2 Å². The van der Waals surface area contributed by atoms with Crippen molar-refractivity contribution in [3.8, 4) is 0 Å². The Morgan fingerprint density at radius 3 is 2.63 bits per heavy atom. The SMILES string of the molecule is O=C(O)C(Cc1cccnc1)c1ccc(Cl)c(Cl)c1. The van der Waals surface area contributed by atoms with Crippen LogP contribution in [0, 0.1) is 0 Å². The number of hydrogen-bond acceptors (Lipinski definition) is 2. The van der Waals surface area contributed by atoms with Crippen LogP contribution < -0.4 is 0 Å². The number of aliphatic carboxylic acids is 1. The monoisotopic (exact) mass is 295 g/mol. The Kier molecular flexibility index (Phi) is 4.40. The molecular formula is C14H11Cl2NO2. The van der Waals surface area contributed by atoms with Gasteiger partial charge in [0, 0.05) is 12.4 Å². The van der Waals surface area contributed by atoms with Crippen molar-refractivity contribution in [2.75, 3.05) is 0 Å². The molecule has 0 spiro atoms. The molecule has 19 heavy (non-hydrogen) atoms. The topological polar surface area (TPSA) is 50.2 Å². The Morgan fingerprint density at radius 1 is 1.26 bits per heavy atom. The molecule has 0 amide bonds. The first kappa shape index (κ1) is 13.8. The van der Waals surface area contributed by atoms with E-state index in [4.69, 9.17) is 23.2 Å². The highest BCUT2D eigenvalue weighted by Crippen LogP contribution is 2.28.